The zero-order valence-corrected chi connectivity index (χ0v) is 6.23. The molecule has 0 rings (SSSR count). The summed E-state index contributed by atoms with van der Waals surface area (Å²) in [5.41, 5.74) is 0. The van der Waals surface area contributed by atoms with E-state index < -0.39 is 17.9 Å². The van der Waals surface area contributed by atoms with Crippen molar-refractivity contribution in [2.24, 2.45) is 0 Å². The molecule has 0 spiro atoms. The number of carboxylic acid groups (broad SMARTS) is 1. The van der Waals surface area contributed by atoms with Gasteiger partial charge in [-0.3, -0.25) is 4.79 Å². The maximum absolute atomic E-state index is 10.3. The van der Waals surface area contributed by atoms with E-state index in [-0.39, 0.29) is 5.75 Å². The normalized spacial score (nSPS) is 12.2. The quantitative estimate of drug-likeness (QED) is 0.476. The van der Waals surface area contributed by atoms with Gasteiger partial charge in [0, 0.05) is 13.0 Å². The van der Waals surface area contributed by atoms with Crippen LogP contribution >= 0.6 is 0 Å². The number of hydrogen-bond acceptors (Lipinski definition) is 4. The van der Waals surface area contributed by atoms with Crippen molar-refractivity contribution in [3.63, 3.8) is 0 Å². The Bertz CT molecular complexity index is 148. The van der Waals surface area contributed by atoms with Crippen LogP contribution in [0, 0.1) is 0 Å². The maximum atomic E-state index is 10.3. The van der Waals surface area contributed by atoms with Gasteiger partial charge in [0.25, 0.3) is 0 Å². The average molecular weight is 161 g/mol. The van der Waals surface area contributed by atoms with E-state index in [2.05, 4.69) is 17.9 Å². The lowest BCUT2D eigenvalue weighted by Gasteiger charge is -2.21. The number of amides is 1. The fraction of sp³-hybridized carbons (Fsp3) is 0.600. The van der Waals surface area contributed by atoms with Gasteiger partial charge in [-0.25, -0.2) is 0 Å². The summed E-state index contributed by atoms with van der Waals surface area (Å²) in [5, 5.41) is 12.2. The molecule has 0 aromatic rings. The number of carboxylic acids is 1. The van der Waals surface area contributed by atoms with Gasteiger partial charge in [-0.15, -0.1) is 0 Å². The molecule has 4 nitrogen and oxygen atoms in total. The molecule has 0 saturated carbocycles. The summed E-state index contributed by atoms with van der Waals surface area (Å²) in [6, 6.07) is -1.03. The predicted molar refractivity (Wildman–Crippen MR) is 34.8 cm³/mol. The highest BCUT2D eigenvalue weighted by atomic mass is 32.1. The summed E-state index contributed by atoms with van der Waals surface area (Å²) >= 11 is 4.43. The summed E-state index contributed by atoms with van der Waals surface area (Å²) in [5.74, 6) is -1.83. The van der Waals surface area contributed by atoms with Crippen molar-refractivity contribution < 1.29 is 14.7 Å². The Balaban J connectivity index is 3.83. The van der Waals surface area contributed by atoms with Crippen molar-refractivity contribution in [3.8, 4) is 0 Å². The lowest BCUT2D eigenvalue weighted by molar-refractivity contribution is -0.307. The average Bonchev–Trinajstić information content (AvgIpc) is 1.81. The Morgan fingerprint density at radius 1 is 1.70 bits per heavy atom. The van der Waals surface area contributed by atoms with E-state index in [1.807, 2.05) is 0 Å². The minimum atomic E-state index is -1.34. The van der Waals surface area contributed by atoms with Gasteiger partial charge in [-0.2, -0.15) is 5.75 Å². The number of carbonyl (C=O) groups excluding carboxylic acids is 2. The first-order chi connectivity index (χ1) is 4.57. The van der Waals surface area contributed by atoms with E-state index in [0.29, 0.717) is 0 Å². The number of rotatable bonds is 3. The van der Waals surface area contributed by atoms with Gasteiger partial charge in [0.05, 0.1) is 5.97 Å². The second kappa shape index (κ2) is 4.16. The van der Waals surface area contributed by atoms with Crippen LogP contribution in [-0.2, 0) is 22.2 Å². The third kappa shape index (κ3) is 3.34. The lowest BCUT2D eigenvalue weighted by Crippen LogP contribution is -2.48. The van der Waals surface area contributed by atoms with Crippen LogP contribution in [0.5, 0.6) is 0 Å². The Kier molecular flexibility index (Phi) is 3.87. The van der Waals surface area contributed by atoms with Crippen LogP contribution in [0.3, 0.4) is 0 Å². The molecular formula is C5H7NO3S-2. The first-order valence-electron chi connectivity index (χ1n) is 2.64. The molecule has 0 aromatic heterocycles. The number of hydrogen-bond donors (Lipinski definition) is 1. The van der Waals surface area contributed by atoms with Crippen LogP contribution in [0.4, 0.5) is 0 Å². The number of nitrogens with one attached hydrogen (secondary N) is 1. The molecule has 10 heavy (non-hydrogen) atoms. The Labute approximate surface area is 64.0 Å². The molecule has 0 aromatic carbocycles. The van der Waals surface area contributed by atoms with Crippen LogP contribution in [0.15, 0.2) is 0 Å². The highest BCUT2D eigenvalue weighted by Gasteiger charge is 2.02. The zero-order valence-electron chi connectivity index (χ0n) is 5.42. The van der Waals surface area contributed by atoms with Crippen LogP contribution in [0.1, 0.15) is 6.92 Å². The molecule has 0 aliphatic heterocycles. The van der Waals surface area contributed by atoms with Gasteiger partial charge in [-0.1, -0.05) is 0 Å². The fourth-order valence-electron chi connectivity index (χ4n) is 0.414. The molecule has 5 heteroatoms. The van der Waals surface area contributed by atoms with Crippen LogP contribution < -0.4 is 10.4 Å². The molecule has 58 valence electrons. The highest BCUT2D eigenvalue weighted by Crippen LogP contribution is 1.79. The topological polar surface area (TPSA) is 69.2 Å². The molecule has 0 bridgehead atoms. The monoisotopic (exact) mass is 161 g/mol. The van der Waals surface area contributed by atoms with E-state index in [1.54, 1.807) is 0 Å². The van der Waals surface area contributed by atoms with Crippen molar-refractivity contribution in [3.05, 3.63) is 0 Å². The van der Waals surface area contributed by atoms with Gasteiger partial charge in [0.2, 0.25) is 5.91 Å². The van der Waals surface area contributed by atoms with Crippen LogP contribution in [-0.4, -0.2) is 23.7 Å². The zero-order chi connectivity index (χ0) is 8.15. The summed E-state index contributed by atoms with van der Waals surface area (Å²) in [6.45, 7) is 1.22. The van der Waals surface area contributed by atoms with Gasteiger partial charge in [0.1, 0.15) is 0 Å². The first-order valence-corrected chi connectivity index (χ1v) is 3.21. The van der Waals surface area contributed by atoms with E-state index in [1.165, 1.54) is 6.92 Å². The first kappa shape index (κ1) is 9.29. The second-order valence-electron chi connectivity index (χ2n) is 1.74. The number of carbonyl (C=O) groups is 2. The molecule has 0 saturated heterocycles. The lowest BCUT2D eigenvalue weighted by atomic mass is 10.3. The Morgan fingerprint density at radius 2 is 2.20 bits per heavy atom. The SMILES string of the molecule is CC(=O)N[C@@H](C[S-])C(=O)[O-]. The molecule has 0 heterocycles. The van der Waals surface area contributed by atoms with Crippen molar-refractivity contribution >= 4 is 24.5 Å². The maximum Gasteiger partial charge on any atom is 0.217 e. The van der Waals surface area contributed by atoms with E-state index in [0.717, 1.165) is 0 Å². The van der Waals surface area contributed by atoms with Gasteiger partial charge in [0.15, 0.2) is 0 Å². The summed E-state index contributed by atoms with van der Waals surface area (Å²) in [7, 11) is 0. The molecule has 1 atom stereocenters. The predicted octanol–water partition coefficient (Wildman–Crippen LogP) is -2.21. The summed E-state index contributed by atoms with van der Waals surface area (Å²) in [6.07, 6.45) is 0. The smallest absolute Gasteiger partial charge is 0.217 e. The van der Waals surface area contributed by atoms with Crippen LogP contribution in [0.25, 0.3) is 0 Å². The molecular weight excluding hydrogens is 154 g/mol. The molecule has 0 radical (unpaired) electrons. The minimum Gasteiger partial charge on any atom is -0.790 e. The Hall–Kier alpha value is -0.710. The molecule has 1 amide bonds. The fourth-order valence-corrected chi connectivity index (χ4v) is 0.633. The van der Waals surface area contributed by atoms with Crippen molar-refractivity contribution in [2.75, 3.05) is 5.75 Å². The standard InChI is InChI=1S/C5H9NO3S/c1-3(7)6-4(2-10)5(8)9/h4,10H,2H2,1H3,(H,6,7)(H,8,9)/p-2/t4-/m0/s1. The molecule has 0 fully saturated rings. The van der Waals surface area contributed by atoms with Crippen LogP contribution in [0.2, 0.25) is 0 Å². The van der Waals surface area contributed by atoms with E-state index >= 15 is 0 Å². The third-order valence-corrected chi connectivity index (χ3v) is 1.16. The molecule has 0 aliphatic rings. The van der Waals surface area contributed by atoms with Gasteiger partial charge in [-0.05, 0) is 0 Å². The van der Waals surface area contributed by atoms with Gasteiger partial charge >= 0.3 is 0 Å². The highest BCUT2D eigenvalue weighted by molar-refractivity contribution is 7.58. The Morgan fingerprint density at radius 3 is 2.30 bits per heavy atom. The minimum absolute atomic E-state index is 0.0675. The summed E-state index contributed by atoms with van der Waals surface area (Å²) in [4.78, 5) is 20.3. The van der Waals surface area contributed by atoms with Crippen molar-refractivity contribution in [1.82, 2.24) is 5.32 Å². The largest absolute Gasteiger partial charge is 0.790 e. The number of aliphatic carboxylic acids is 1. The van der Waals surface area contributed by atoms with E-state index in [4.69, 9.17) is 0 Å². The van der Waals surface area contributed by atoms with Crippen molar-refractivity contribution in [2.45, 2.75) is 13.0 Å². The summed E-state index contributed by atoms with van der Waals surface area (Å²) < 4.78 is 0. The molecule has 1 N–H and O–H groups in total. The second-order valence-corrected chi connectivity index (χ2v) is 2.07. The van der Waals surface area contributed by atoms with Crippen molar-refractivity contribution in [1.29, 1.82) is 0 Å². The van der Waals surface area contributed by atoms with E-state index in [9.17, 15) is 14.7 Å². The third-order valence-electron chi connectivity index (χ3n) is 0.829. The molecule has 0 unspecified atom stereocenters. The van der Waals surface area contributed by atoms with Gasteiger partial charge < -0.3 is 27.8 Å². The molecule has 0 aliphatic carbocycles.